The summed E-state index contributed by atoms with van der Waals surface area (Å²) < 4.78 is 5.58. The highest BCUT2D eigenvalue weighted by Gasteiger charge is 2.00. The average molecular weight is 257 g/mol. The molecule has 0 spiro atoms. The van der Waals surface area contributed by atoms with E-state index in [0.29, 0.717) is 18.5 Å². The summed E-state index contributed by atoms with van der Waals surface area (Å²) in [6.07, 6.45) is 0. The molecule has 0 unspecified atom stereocenters. The largest absolute Gasteiger partial charge is 0.472 e. The summed E-state index contributed by atoms with van der Waals surface area (Å²) in [5.41, 5.74) is 2.04. The second-order valence-corrected chi connectivity index (χ2v) is 4.67. The van der Waals surface area contributed by atoms with Gasteiger partial charge in [0, 0.05) is 18.7 Å². The predicted octanol–water partition coefficient (Wildman–Crippen LogP) is 2.55. The number of benzene rings is 1. The Kier molecular flexibility index (Phi) is 4.86. The molecule has 4 nitrogen and oxygen atoms in total. The van der Waals surface area contributed by atoms with Gasteiger partial charge in [-0.25, -0.2) is 0 Å². The molecule has 0 aliphatic heterocycles. The van der Waals surface area contributed by atoms with Crippen molar-refractivity contribution in [2.24, 2.45) is 0 Å². The van der Waals surface area contributed by atoms with Gasteiger partial charge < -0.3 is 10.1 Å². The Labute approximate surface area is 113 Å². The first-order valence-corrected chi connectivity index (χ1v) is 6.47. The van der Waals surface area contributed by atoms with Crippen LogP contribution in [0.5, 0.6) is 5.88 Å². The van der Waals surface area contributed by atoms with Crippen LogP contribution in [0.15, 0.2) is 42.5 Å². The van der Waals surface area contributed by atoms with E-state index in [-0.39, 0.29) is 0 Å². The standard InChI is InChI=1S/C15H19N3O/c1-12(2)16-10-14-8-9-15(18-17-14)19-11-13-6-4-3-5-7-13/h3-9,12,16H,10-11H2,1-2H3. The highest BCUT2D eigenvalue weighted by atomic mass is 16.5. The molecular weight excluding hydrogens is 238 g/mol. The molecule has 0 bridgehead atoms. The smallest absolute Gasteiger partial charge is 0.233 e. The van der Waals surface area contributed by atoms with Crippen molar-refractivity contribution in [1.29, 1.82) is 0 Å². The second kappa shape index (κ2) is 6.85. The summed E-state index contributed by atoms with van der Waals surface area (Å²) in [4.78, 5) is 0. The molecule has 2 rings (SSSR count). The molecule has 0 fully saturated rings. The second-order valence-electron chi connectivity index (χ2n) is 4.67. The minimum absolute atomic E-state index is 0.441. The normalized spacial score (nSPS) is 10.7. The van der Waals surface area contributed by atoms with Gasteiger partial charge in [-0.3, -0.25) is 0 Å². The van der Waals surface area contributed by atoms with Gasteiger partial charge in [-0.05, 0) is 11.6 Å². The molecule has 2 aromatic rings. The number of hydrogen-bond donors (Lipinski definition) is 1. The van der Waals surface area contributed by atoms with E-state index in [1.807, 2.05) is 42.5 Å². The molecule has 0 aliphatic carbocycles. The Hall–Kier alpha value is -1.94. The molecule has 0 radical (unpaired) electrons. The van der Waals surface area contributed by atoms with Gasteiger partial charge >= 0.3 is 0 Å². The quantitative estimate of drug-likeness (QED) is 0.864. The van der Waals surface area contributed by atoms with Crippen LogP contribution in [-0.2, 0) is 13.2 Å². The van der Waals surface area contributed by atoms with E-state index >= 15 is 0 Å². The third-order valence-electron chi connectivity index (χ3n) is 2.62. The van der Waals surface area contributed by atoms with Crippen LogP contribution in [0.25, 0.3) is 0 Å². The zero-order chi connectivity index (χ0) is 13.5. The maximum atomic E-state index is 5.58. The van der Waals surface area contributed by atoms with Crippen LogP contribution in [0.4, 0.5) is 0 Å². The van der Waals surface area contributed by atoms with Gasteiger partial charge in [-0.1, -0.05) is 44.2 Å². The fraction of sp³-hybridized carbons (Fsp3) is 0.333. The fourth-order valence-corrected chi connectivity index (χ4v) is 1.56. The van der Waals surface area contributed by atoms with Crippen LogP contribution < -0.4 is 10.1 Å². The lowest BCUT2D eigenvalue weighted by Gasteiger charge is -2.08. The highest BCUT2D eigenvalue weighted by Crippen LogP contribution is 2.08. The molecule has 100 valence electrons. The van der Waals surface area contributed by atoms with Gasteiger partial charge in [0.05, 0.1) is 5.69 Å². The Morgan fingerprint density at radius 3 is 2.47 bits per heavy atom. The van der Waals surface area contributed by atoms with Crippen molar-refractivity contribution in [3.05, 3.63) is 53.7 Å². The Balaban J connectivity index is 1.85. The summed E-state index contributed by atoms with van der Waals surface area (Å²) in [5.74, 6) is 0.553. The van der Waals surface area contributed by atoms with Crippen LogP contribution in [0, 0.1) is 0 Å². The molecule has 1 aromatic carbocycles. The molecule has 0 aliphatic rings. The fourth-order valence-electron chi connectivity index (χ4n) is 1.56. The van der Waals surface area contributed by atoms with Crippen LogP contribution in [0.3, 0.4) is 0 Å². The molecule has 0 saturated heterocycles. The van der Waals surface area contributed by atoms with Gasteiger partial charge in [0.2, 0.25) is 5.88 Å². The third-order valence-corrected chi connectivity index (χ3v) is 2.62. The number of rotatable bonds is 6. The van der Waals surface area contributed by atoms with E-state index in [0.717, 1.165) is 17.8 Å². The Morgan fingerprint density at radius 1 is 1.05 bits per heavy atom. The van der Waals surface area contributed by atoms with Gasteiger partial charge in [0.25, 0.3) is 0 Å². The summed E-state index contributed by atoms with van der Waals surface area (Å²) in [7, 11) is 0. The molecule has 1 heterocycles. The van der Waals surface area contributed by atoms with E-state index in [1.54, 1.807) is 0 Å². The highest BCUT2D eigenvalue weighted by molar-refractivity contribution is 5.16. The lowest BCUT2D eigenvalue weighted by Crippen LogP contribution is -2.22. The van der Waals surface area contributed by atoms with Gasteiger partial charge in [0.15, 0.2) is 0 Å². The van der Waals surface area contributed by atoms with Crippen molar-refractivity contribution in [3.8, 4) is 5.88 Å². The van der Waals surface area contributed by atoms with Crippen molar-refractivity contribution in [2.75, 3.05) is 0 Å². The van der Waals surface area contributed by atoms with Crippen molar-refractivity contribution in [3.63, 3.8) is 0 Å². The zero-order valence-corrected chi connectivity index (χ0v) is 11.3. The first-order chi connectivity index (χ1) is 9.24. The number of hydrogen-bond acceptors (Lipinski definition) is 4. The minimum Gasteiger partial charge on any atom is -0.472 e. The molecular formula is C15H19N3O. The van der Waals surface area contributed by atoms with E-state index in [4.69, 9.17) is 4.74 Å². The minimum atomic E-state index is 0.441. The van der Waals surface area contributed by atoms with Crippen LogP contribution >= 0.6 is 0 Å². The molecule has 0 atom stereocenters. The van der Waals surface area contributed by atoms with Crippen molar-refractivity contribution in [2.45, 2.75) is 33.0 Å². The Bertz CT molecular complexity index is 483. The van der Waals surface area contributed by atoms with E-state index in [9.17, 15) is 0 Å². The maximum absolute atomic E-state index is 5.58. The van der Waals surface area contributed by atoms with Gasteiger partial charge in [-0.15, -0.1) is 5.10 Å². The summed E-state index contributed by atoms with van der Waals surface area (Å²) in [5, 5.41) is 11.5. The van der Waals surface area contributed by atoms with Crippen LogP contribution in [0.1, 0.15) is 25.1 Å². The molecule has 19 heavy (non-hydrogen) atoms. The molecule has 1 N–H and O–H groups in total. The SMILES string of the molecule is CC(C)NCc1ccc(OCc2ccccc2)nn1. The van der Waals surface area contributed by atoms with Crippen molar-refractivity contribution < 1.29 is 4.74 Å². The van der Waals surface area contributed by atoms with Crippen LogP contribution in [-0.4, -0.2) is 16.2 Å². The van der Waals surface area contributed by atoms with Crippen molar-refractivity contribution in [1.82, 2.24) is 15.5 Å². The van der Waals surface area contributed by atoms with Crippen molar-refractivity contribution >= 4 is 0 Å². The number of nitrogens with one attached hydrogen (secondary N) is 1. The first-order valence-electron chi connectivity index (χ1n) is 6.47. The number of ether oxygens (including phenoxy) is 1. The predicted molar refractivity (Wildman–Crippen MR) is 74.8 cm³/mol. The van der Waals surface area contributed by atoms with E-state index in [1.165, 1.54) is 0 Å². The molecule has 0 saturated carbocycles. The van der Waals surface area contributed by atoms with Crippen LogP contribution in [0.2, 0.25) is 0 Å². The first kappa shape index (κ1) is 13.5. The maximum Gasteiger partial charge on any atom is 0.233 e. The Morgan fingerprint density at radius 2 is 1.84 bits per heavy atom. The van der Waals surface area contributed by atoms with E-state index in [2.05, 4.69) is 29.4 Å². The number of aromatic nitrogens is 2. The lowest BCUT2D eigenvalue weighted by atomic mass is 10.2. The third kappa shape index (κ3) is 4.67. The van der Waals surface area contributed by atoms with Gasteiger partial charge in [0.1, 0.15) is 6.61 Å². The zero-order valence-electron chi connectivity index (χ0n) is 11.3. The summed E-state index contributed by atoms with van der Waals surface area (Å²) in [6, 6.07) is 14.2. The molecule has 4 heteroatoms. The molecule has 1 aromatic heterocycles. The monoisotopic (exact) mass is 257 g/mol. The average Bonchev–Trinajstić information content (AvgIpc) is 2.45. The topological polar surface area (TPSA) is 47.0 Å². The summed E-state index contributed by atoms with van der Waals surface area (Å²) in [6.45, 7) is 5.44. The van der Waals surface area contributed by atoms with Gasteiger partial charge in [-0.2, -0.15) is 5.10 Å². The number of nitrogens with zero attached hydrogens (tertiary/aromatic N) is 2. The summed E-state index contributed by atoms with van der Waals surface area (Å²) >= 11 is 0. The van der Waals surface area contributed by atoms with E-state index < -0.39 is 0 Å². The molecule has 0 amide bonds. The lowest BCUT2D eigenvalue weighted by molar-refractivity contribution is 0.289.